The monoisotopic (exact) mass is 307 g/mol. The fourth-order valence-electron chi connectivity index (χ4n) is 2.21. The van der Waals surface area contributed by atoms with Crippen molar-refractivity contribution in [3.05, 3.63) is 0 Å². The van der Waals surface area contributed by atoms with Crippen LogP contribution >= 0.6 is 0 Å². The van der Waals surface area contributed by atoms with Gasteiger partial charge < -0.3 is 35.2 Å². The second-order valence-electron chi connectivity index (χ2n) is 5.78. The van der Waals surface area contributed by atoms with Crippen molar-refractivity contribution in [2.24, 2.45) is 0 Å². The SMILES string of the molecule is CC(=O)NC1C(OC(C)(C)CCO)OC(CO)C(O)C1O. The molecule has 8 heteroatoms. The average molecular weight is 307 g/mol. The third kappa shape index (κ3) is 4.87. The van der Waals surface area contributed by atoms with Crippen LogP contribution in [0.3, 0.4) is 0 Å². The molecule has 1 aliphatic heterocycles. The summed E-state index contributed by atoms with van der Waals surface area (Å²) < 4.78 is 11.1. The second-order valence-corrected chi connectivity index (χ2v) is 5.78. The van der Waals surface area contributed by atoms with Crippen LogP contribution in [0.4, 0.5) is 0 Å². The number of aliphatic hydroxyl groups is 4. The number of hydrogen-bond acceptors (Lipinski definition) is 7. The number of carbonyl (C=O) groups is 1. The van der Waals surface area contributed by atoms with Gasteiger partial charge in [0.15, 0.2) is 6.29 Å². The van der Waals surface area contributed by atoms with E-state index in [1.165, 1.54) is 6.92 Å². The first-order valence-electron chi connectivity index (χ1n) is 6.90. The summed E-state index contributed by atoms with van der Waals surface area (Å²) in [6.07, 6.45) is -4.42. The van der Waals surface area contributed by atoms with Crippen molar-refractivity contribution in [1.29, 1.82) is 0 Å². The molecule has 0 radical (unpaired) electrons. The molecule has 5 unspecified atom stereocenters. The van der Waals surface area contributed by atoms with Gasteiger partial charge >= 0.3 is 0 Å². The molecule has 8 nitrogen and oxygen atoms in total. The summed E-state index contributed by atoms with van der Waals surface area (Å²) in [5.74, 6) is -0.411. The number of aliphatic hydroxyl groups excluding tert-OH is 4. The summed E-state index contributed by atoms with van der Waals surface area (Å²) >= 11 is 0. The molecule has 1 heterocycles. The van der Waals surface area contributed by atoms with Crippen LogP contribution in [-0.2, 0) is 14.3 Å². The van der Waals surface area contributed by atoms with Gasteiger partial charge in [-0.2, -0.15) is 0 Å². The van der Waals surface area contributed by atoms with Gasteiger partial charge in [-0.15, -0.1) is 0 Å². The molecule has 0 spiro atoms. The number of ether oxygens (including phenoxy) is 2. The lowest BCUT2D eigenvalue weighted by Gasteiger charge is -2.44. The molecule has 1 saturated heterocycles. The van der Waals surface area contributed by atoms with Gasteiger partial charge in [0.25, 0.3) is 0 Å². The maximum atomic E-state index is 11.2. The zero-order chi connectivity index (χ0) is 16.2. The highest BCUT2D eigenvalue weighted by Crippen LogP contribution is 2.27. The smallest absolute Gasteiger partial charge is 0.217 e. The zero-order valence-electron chi connectivity index (χ0n) is 12.5. The van der Waals surface area contributed by atoms with E-state index in [-0.39, 0.29) is 6.61 Å². The minimum atomic E-state index is -1.34. The van der Waals surface area contributed by atoms with Crippen LogP contribution in [0.1, 0.15) is 27.2 Å². The van der Waals surface area contributed by atoms with Crippen molar-refractivity contribution in [2.75, 3.05) is 13.2 Å². The van der Waals surface area contributed by atoms with E-state index in [9.17, 15) is 20.1 Å². The summed E-state index contributed by atoms with van der Waals surface area (Å²) in [5.41, 5.74) is -0.766. The van der Waals surface area contributed by atoms with Crippen LogP contribution in [0.2, 0.25) is 0 Å². The first kappa shape index (κ1) is 18.3. The van der Waals surface area contributed by atoms with Crippen molar-refractivity contribution in [3.8, 4) is 0 Å². The standard InChI is InChI=1S/C13H25NO7/c1-7(17)14-9-11(19)10(18)8(6-16)20-12(9)21-13(2,3)4-5-15/h8-12,15-16,18-19H,4-6H2,1-3H3,(H,14,17). The number of hydrogen-bond donors (Lipinski definition) is 5. The van der Waals surface area contributed by atoms with E-state index in [1.54, 1.807) is 13.8 Å². The third-order valence-corrected chi connectivity index (χ3v) is 3.40. The van der Waals surface area contributed by atoms with Gasteiger partial charge in [-0.1, -0.05) is 0 Å². The van der Waals surface area contributed by atoms with Gasteiger partial charge in [-0.05, 0) is 20.3 Å². The Bertz CT molecular complexity index is 349. The van der Waals surface area contributed by atoms with E-state index < -0.39 is 48.8 Å². The Morgan fingerprint density at radius 2 is 1.90 bits per heavy atom. The minimum Gasteiger partial charge on any atom is -0.396 e. The minimum absolute atomic E-state index is 0.0981. The number of amides is 1. The van der Waals surface area contributed by atoms with Gasteiger partial charge in [-0.25, -0.2) is 0 Å². The average Bonchev–Trinajstić information content (AvgIpc) is 2.37. The Balaban J connectivity index is 2.90. The topological polar surface area (TPSA) is 128 Å². The van der Waals surface area contributed by atoms with Crippen molar-refractivity contribution < 1.29 is 34.7 Å². The van der Waals surface area contributed by atoms with Crippen molar-refractivity contribution in [2.45, 2.75) is 63.4 Å². The molecule has 0 aromatic carbocycles. The first-order valence-corrected chi connectivity index (χ1v) is 6.90. The Morgan fingerprint density at radius 1 is 1.29 bits per heavy atom. The Kier molecular flexibility index (Phi) is 6.51. The first-order chi connectivity index (χ1) is 9.71. The van der Waals surface area contributed by atoms with Crippen molar-refractivity contribution >= 4 is 5.91 Å². The van der Waals surface area contributed by atoms with E-state index in [4.69, 9.17) is 14.6 Å². The van der Waals surface area contributed by atoms with E-state index in [1.807, 2.05) is 0 Å². The molecule has 0 aromatic heterocycles. The summed E-state index contributed by atoms with van der Waals surface area (Å²) in [5, 5.41) is 40.6. The van der Waals surface area contributed by atoms with Crippen LogP contribution in [0, 0.1) is 0 Å². The Hall–Kier alpha value is -0.770. The molecule has 1 fully saturated rings. The Morgan fingerprint density at radius 3 is 2.38 bits per heavy atom. The molecular weight excluding hydrogens is 282 g/mol. The molecule has 0 bridgehead atoms. The maximum absolute atomic E-state index is 11.2. The predicted octanol–water partition coefficient (Wildman–Crippen LogP) is -1.89. The Labute approximate surface area is 123 Å². The van der Waals surface area contributed by atoms with Crippen LogP contribution in [0.15, 0.2) is 0 Å². The van der Waals surface area contributed by atoms with Crippen LogP contribution < -0.4 is 5.32 Å². The molecule has 0 aliphatic carbocycles. The second kappa shape index (κ2) is 7.48. The lowest BCUT2D eigenvalue weighted by molar-refractivity contribution is -0.296. The van der Waals surface area contributed by atoms with Gasteiger partial charge in [-0.3, -0.25) is 4.79 Å². The van der Waals surface area contributed by atoms with Gasteiger partial charge in [0.2, 0.25) is 5.91 Å². The summed E-state index contributed by atoms with van der Waals surface area (Å²) in [4.78, 5) is 11.2. The quantitative estimate of drug-likeness (QED) is 0.388. The van der Waals surface area contributed by atoms with Crippen molar-refractivity contribution in [1.82, 2.24) is 5.32 Å². The van der Waals surface area contributed by atoms with Gasteiger partial charge in [0, 0.05) is 13.5 Å². The maximum Gasteiger partial charge on any atom is 0.217 e. The van der Waals surface area contributed by atoms with Crippen LogP contribution in [-0.4, -0.2) is 75.8 Å². The van der Waals surface area contributed by atoms with Crippen molar-refractivity contribution in [3.63, 3.8) is 0 Å². The molecule has 5 atom stereocenters. The lowest BCUT2D eigenvalue weighted by atomic mass is 9.96. The summed E-state index contributed by atoms with van der Waals surface area (Å²) in [6, 6.07) is -0.974. The third-order valence-electron chi connectivity index (χ3n) is 3.40. The van der Waals surface area contributed by atoms with Gasteiger partial charge in [0.1, 0.15) is 24.4 Å². The molecule has 1 aliphatic rings. The summed E-state index contributed by atoms with van der Waals surface area (Å²) in [6.45, 7) is 4.13. The van der Waals surface area contributed by atoms with Crippen LogP contribution in [0.5, 0.6) is 0 Å². The molecule has 0 saturated carbocycles. The molecule has 0 aromatic rings. The van der Waals surface area contributed by atoms with E-state index in [0.29, 0.717) is 6.42 Å². The molecular formula is C13H25NO7. The fraction of sp³-hybridized carbons (Fsp3) is 0.923. The highest BCUT2D eigenvalue weighted by molar-refractivity contribution is 5.73. The molecule has 5 N–H and O–H groups in total. The number of carbonyl (C=O) groups excluding carboxylic acids is 1. The largest absolute Gasteiger partial charge is 0.396 e. The summed E-state index contributed by atoms with van der Waals surface area (Å²) in [7, 11) is 0. The van der Waals surface area contributed by atoms with E-state index in [0.717, 1.165) is 0 Å². The molecule has 1 rings (SSSR count). The molecule has 21 heavy (non-hydrogen) atoms. The lowest BCUT2D eigenvalue weighted by Crippen LogP contribution is -2.65. The molecule has 124 valence electrons. The number of rotatable bonds is 6. The predicted molar refractivity (Wildman–Crippen MR) is 72.2 cm³/mol. The number of nitrogens with one attached hydrogen (secondary N) is 1. The highest BCUT2D eigenvalue weighted by Gasteiger charge is 2.46. The highest BCUT2D eigenvalue weighted by atomic mass is 16.7. The van der Waals surface area contributed by atoms with Crippen LogP contribution in [0.25, 0.3) is 0 Å². The normalized spacial score (nSPS) is 33.8. The van der Waals surface area contributed by atoms with E-state index >= 15 is 0 Å². The molecule has 1 amide bonds. The fourth-order valence-corrected chi connectivity index (χ4v) is 2.21. The van der Waals surface area contributed by atoms with E-state index in [2.05, 4.69) is 5.32 Å². The van der Waals surface area contributed by atoms with Gasteiger partial charge in [0.05, 0.1) is 12.2 Å². The zero-order valence-corrected chi connectivity index (χ0v) is 12.5.